The Hall–Kier alpha value is -1.76. The zero-order valence-corrected chi connectivity index (χ0v) is 12.1. The van der Waals surface area contributed by atoms with E-state index < -0.39 is 6.36 Å². The first-order chi connectivity index (χ1) is 10.3. The molecule has 1 aromatic carbocycles. The molecule has 0 aromatic heterocycles. The Balaban J connectivity index is 1.85. The Labute approximate surface area is 126 Å². The van der Waals surface area contributed by atoms with Gasteiger partial charge in [-0.3, -0.25) is 4.79 Å². The van der Waals surface area contributed by atoms with Gasteiger partial charge in [-0.05, 0) is 43.9 Å². The van der Waals surface area contributed by atoms with Gasteiger partial charge in [-0.2, -0.15) is 0 Å². The Morgan fingerprint density at radius 3 is 2.68 bits per heavy atom. The average molecular weight is 314 g/mol. The molecule has 0 saturated heterocycles. The molecule has 1 saturated carbocycles. The number of rotatable bonds is 4. The van der Waals surface area contributed by atoms with E-state index in [1.165, 1.54) is 6.07 Å². The van der Waals surface area contributed by atoms with Crippen LogP contribution >= 0.6 is 0 Å². The van der Waals surface area contributed by atoms with Crippen LogP contribution in [0, 0.1) is 0 Å². The van der Waals surface area contributed by atoms with E-state index in [1.807, 2.05) is 0 Å². The molecule has 1 heterocycles. The Morgan fingerprint density at radius 1 is 1.36 bits per heavy atom. The molecule has 2 aliphatic rings. The van der Waals surface area contributed by atoms with Crippen molar-refractivity contribution in [2.45, 2.75) is 51.2 Å². The average Bonchev–Trinajstić information content (AvgIpc) is 2.75. The molecule has 1 aliphatic carbocycles. The maximum absolute atomic E-state index is 12.5. The fraction of sp³-hybridized carbons (Fsp3) is 0.533. The standard InChI is InChI=1S/C15H17F3N2O2/c1-14(3-2-4-14)20-7-9-5-10-11(8-19-13(10)21)12(6-9)22-15(16,17)18/h5-6,20H,2-4,7-8H2,1H3,(H,19,21). The van der Waals surface area contributed by atoms with Gasteiger partial charge >= 0.3 is 6.36 Å². The summed E-state index contributed by atoms with van der Waals surface area (Å²) < 4.78 is 41.7. The molecule has 0 bridgehead atoms. The molecule has 1 aliphatic heterocycles. The van der Waals surface area contributed by atoms with Gasteiger partial charge in [-0.15, -0.1) is 13.2 Å². The van der Waals surface area contributed by atoms with Gasteiger partial charge in [0.1, 0.15) is 5.75 Å². The summed E-state index contributed by atoms with van der Waals surface area (Å²) in [6.45, 7) is 2.56. The van der Waals surface area contributed by atoms with Gasteiger partial charge in [0.15, 0.2) is 0 Å². The van der Waals surface area contributed by atoms with Gasteiger partial charge in [0, 0.05) is 29.8 Å². The smallest absolute Gasteiger partial charge is 0.405 e. The summed E-state index contributed by atoms with van der Waals surface area (Å²) in [7, 11) is 0. The third-order valence-electron chi connectivity index (χ3n) is 4.34. The largest absolute Gasteiger partial charge is 0.573 e. The van der Waals surface area contributed by atoms with Crippen molar-refractivity contribution >= 4 is 5.91 Å². The summed E-state index contributed by atoms with van der Waals surface area (Å²) in [5, 5.41) is 5.87. The van der Waals surface area contributed by atoms with Gasteiger partial charge in [0.25, 0.3) is 5.91 Å². The molecule has 120 valence electrons. The third kappa shape index (κ3) is 3.04. The second kappa shape index (κ2) is 5.15. The van der Waals surface area contributed by atoms with Crippen molar-refractivity contribution in [1.29, 1.82) is 0 Å². The Kier molecular flexibility index (Phi) is 3.55. The summed E-state index contributed by atoms with van der Waals surface area (Å²) in [4.78, 5) is 11.7. The highest BCUT2D eigenvalue weighted by Crippen LogP contribution is 2.34. The molecule has 1 amide bonds. The second-order valence-corrected chi connectivity index (χ2v) is 6.12. The molecule has 0 radical (unpaired) electrons. The molecular formula is C15H17F3N2O2. The van der Waals surface area contributed by atoms with E-state index in [0.717, 1.165) is 19.3 Å². The predicted molar refractivity (Wildman–Crippen MR) is 73.4 cm³/mol. The van der Waals surface area contributed by atoms with Crippen molar-refractivity contribution in [3.8, 4) is 5.75 Å². The number of nitrogens with one attached hydrogen (secondary N) is 2. The van der Waals surface area contributed by atoms with Crippen molar-refractivity contribution in [2.24, 2.45) is 0 Å². The minimum Gasteiger partial charge on any atom is -0.405 e. The SMILES string of the molecule is CC1(NCc2cc(OC(F)(F)F)c3c(c2)C(=O)NC3)CCC1. The first kappa shape index (κ1) is 15.1. The minimum atomic E-state index is -4.77. The van der Waals surface area contributed by atoms with Crippen LogP contribution in [-0.2, 0) is 13.1 Å². The fourth-order valence-corrected chi connectivity index (χ4v) is 2.87. The minimum absolute atomic E-state index is 0.0340. The maximum Gasteiger partial charge on any atom is 0.573 e. The first-order valence-electron chi connectivity index (χ1n) is 7.21. The highest BCUT2D eigenvalue weighted by molar-refractivity contribution is 5.99. The molecule has 2 N–H and O–H groups in total. The maximum atomic E-state index is 12.5. The number of fused-ring (bicyclic) bond motifs is 1. The molecule has 22 heavy (non-hydrogen) atoms. The van der Waals surface area contributed by atoms with Crippen molar-refractivity contribution in [1.82, 2.24) is 10.6 Å². The van der Waals surface area contributed by atoms with Crippen molar-refractivity contribution in [3.05, 3.63) is 28.8 Å². The van der Waals surface area contributed by atoms with Crippen LogP contribution in [0.15, 0.2) is 12.1 Å². The summed E-state index contributed by atoms with van der Waals surface area (Å²) in [5.41, 5.74) is 1.17. The lowest BCUT2D eigenvalue weighted by Gasteiger charge is -2.39. The van der Waals surface area contributed by atoms with Gasteiger partial charge in [0.2, 0.25) is 0 Å². The van der Waals surface area contributed by atoms with Crippen LogP contribution in [0.4, 0.5) is 13.2 Å². The summed E-state index contributed by atoms with van der Waals surface area (Å²) in [5.74, 6) is -0.655. The number of carbonyl (C=O) groups is 1. The number of hydrogen-bond acceptors (Lipinski definition) is 3. The van der Waals surface area contributed by atoms with E-state index in [4.69, 9.17) is 0 Å². The van der Waals surface area contributed by atoms with Crippen LogP contribution in [-0.4, -0.2) is 17.8 Å². The molecule has 0 unspecified atom stereocenters. The summed E-state index contributed by atoms with van der Waals surface area (Å²) >= 11 is 0. The molecule has 0 spiro atoms. The number of benzene rings is 1. The van der Waals surface area contributed by atoms with Gasteiger partial charge in [-0.25, -0.2) is 0 Å². The lowest BCUT2D eigenvalue weighted by molar-refractivity contribution is -0.274. The van der Waals surface area contributed by atoms with E-state index >= 15 is 0 Å². The topological polar surface area (TPSA) is 50.4 Å². The van der Waals surface area contributed by atoms with Crippen molar-refractivity contribution in [2.75, 3.05) is 0 Å². The van der Waals surface area contributed by atoms with Gasteiger partial charge in [0.05, 0.1) is 0 Å². The van der Waals surface area contributed by atoms with E-state index in [2.05, 4.69) is 22.3 Å². The molecule has 1 fully saturated rings. The van der Waals surface area contributed by atoms with Crippen molar-refractivity contribution < 1.29 is 22.7 Å². The monoisotopic (exact) mass is 314 g/mol. The van der Waals surface area contributed by atoms with E-state index in [1.54, 1.807) is 6.07 Å². The second-order valence-electron chi connectivity index (χ2n) is 6.12. The van der Waals surface area contributed by atoms with E-state index in [-0.39, 0.29) is 34.9 Å². The summed E-state index contributed by atoms with van der Waals surface area (Å²) in [6.07, 6.45) is -1.53. The van der Waals surface area contributed by atoms with E-state index in [0.29, 0.717) is 12.1 Å². The lowest BCUT2D eigenvalue weighted by atomic mass is 9.78. The van der Waals surface area contributed by atoms with Crippen LogP contribution in [0.2, 0.25) is 0 Å². The molecular weight excluding hydrogens is 297 g/mol. The number of hydrogen-bond donors (Lipinski definition) is 2. The zero-order valence-electron chi connectivity index (χ0n) is 12.1. The molecule has 4 nitrogen and oxygen atoms in total. The fourth-order valence-electron chi connectivity index (χ4n) is 2.87. The van der Waals surface area contributed by atoms with Gasteiger partial charge in [-0.1, -0.05) is 0 Å². The van der Waals surface area contributed by atoms with Crippen molar-refractivity contribution in [3.63, 3.8) is 0 Å². The zero-order chi connectivity index (χ0) is 16.0. The summed E-state index contributed by atoms with van der Waals surface area (Å²) in [6, 6.07) is 3.00. The number of ether oxygens (including phenoxy) is 1. The highest BCUT2D eigenvalue weighted by Gasteiger charge is 2.35. The highest BCUT2D eigenvalue weighted by atomic mass is 19.4. The Morgan fingerprint density at radius 2 is 2.09 bits per heavy atom. The quantitative estimate of drug-likeness (QED) is 0.898. The van der Waals surface area contributed by atoms with Crippen LogP contribution in [0.25, 0.3) is 0 Å². The van der Waals surface area contributed by atoms with Crippen LogP contribution in [0.3, 0.4) is 0 Å². The predicted octanol–water partition coefficient (Wildman–Crippen LogP) is 2.86. The normalized spacial score (nSPS) is 19.4. The third-order valence-corrected chi connectivity index (χ3v) is 4.34. The first-order valence-corrected chi connectivity index (χ1v) is 7.21. The number of halogens is 3. The molecule has 1 aromatic rings. The molecule has 3 rings (SSSR count). The van der Waals surface area contributed by atoms with E-state index in [9.17, 15) is 18.0 Å². The molecule has 0 atom stereocenters. The number of alkyl halides is 3. The molecule has 7 heteroatoms. The van der Waals surface area contributed by atoms with Gasteiger partial charge < -0.3 is 15.4 Å². The number of carbonyl (C=O) groups excluding carboxylic acids is 1. The lowest BCUT2D eigenvalue weighted by Crippen LogP contribution is -2.47. The van der Waals surface area contributed by atoms with Crippen LogP contribution in [0.1, 0.15) is 47.7 Å². The number of amides is 1. The Bertz CT molecular complexity index is 610. The van der Waals surface area contributed by atoms with Crippen LogP contribution < -0.4 is 15.4 Å². The van der Waals surface area contributed by atoms with Crippen LogP contribution in [0.5, 0.6) is 5.75 Å².